The minimum atomic E-state index is -1.71. The number of fused-ring (bicyclic) bond motifs is 1. The highest BCUT2D eigenvalue weighted by molar-refractivity contribution is 6.43. The molecule has 11 heteroatoms. The third kappa shape index (κ3) is 5.75. The number of hydrogen-bond acceptors (Lipinski definition) is 7. The van der Waals surface area contributed by atoms with Gasteiger partial charge in [-0.3, -0.25) is 9.59 Å². The molecule has 0 bridgehead atoms. The van der Waals surface area contributed by atoms with Gasteiger partial charge in [0.25, 0.3) is 11.8 Å². The first-order valence-corrected chi connectivity index (χ1v) is 11.9. The quantitative estimate of drug-likeness (QED) is 0.316. The number of carbonyl (C=O) groups excluding carboxylic acids is 2. The van der Waals surface area contributed by atoms with Crippen molar-refractivity contribution in [3.8, 4) is 0 Å². The maximum Gasteiger partial charge on any atom is 0.475 e. The number of rotatable bonds is 10. The van der Waals surface area contributed by atoms with E-state index in [9.17, 15) is 19.6 Å². The summed E-state index contributed by atoms with van der Waals surface area (Å²) in [6.45, 7) is 3.95. The van der Waals surface area contributed by atoms with E-state index in [1.165, 1.54) is 0 Å². The molecule has 0 radical (unpaired) electrons. The molecule has 1 aromatic carbocycles. The highest BCUT2D eigenvalue weighted by atomic mass is 16.7. The highest BCUT2D eigenvalue weighted by Gasteiger charge is 2.48. The molecule has 10 nitrogen and oxygen atoms in total. The normalized spacial score (nSPS) is 18.0. The molecule has 2 aromatic heterocycles. The average molecular weight is 491 g/mol. The van der Waals surface area contributed by atoms with Crippen LogP contribution >= 0.6 is 0 Å². The van der Waals surface area contributed by atoms with Crippen LogP contribution < -0.4 is 10.6 Å². The predicted octanol–water partition coefficient (Wildman–Crippen LogP) is 1.36. The van der Waals surface area contributed by atoms with E-state index in [4.69, 9.17) is 4.84 Å². The summed E-state index contributed by atoms with van der Waals surface area (Å²) < 4.78 is 1.75. The van der Waals surface area contributed by atoms with E-state index < -0.39 is 24.6 Å². The average Bonchev–Trinajstić information content (AvgIpc) is 3.50. The Balaban J connectivity index is 1.48. The molecule has 3 aromatic rings. The second-order valence-electron chi connectivity index (χ2n) is 9.47. The van der Waals surface area contributed by atoms with Gasteiger partial charge < -0.3 is 29.9 Å². The lowest BCUT2D eigenvalue weighted by Crippen LogP contribution is -2.56. The minimum Gasteiger partial charge on any atom is -0.426 e. The van der Waals surface area contributed by atoms with Crippen molar-refractivity contribution in [3.63, 3.8) is 0 Å². The lowest BCUT2D eigenvalue weighted by molar-refractivity contribution is -0.144. The first-order valence-electron chi connectivity index (χ1n) is 11.9. The largest absolute Gasteiger partial charge is 0.475 e. The van der Waals surface area contributed by atoms with Gasteiger partial charge in [-0.15, -0.1) is 0 Å². The van der Waals surface area contributed by atoms with Crippen molar-refractivity contribution in [3.05, 3.63) is 72.2 Å². The van der Waals surface area contributed by atoms with Gasteiger partial charge in [0.2, 0.25) is 5.60 Å². The molecule has 1 aliphatic heterocycles. The number of oxime groups is 1. The first kappa shape index (κ1) is 25.4. The summed E-state index contributed by atoms with van der Waals surface area (Å²) in [6.07, 6.45) is 5.93. The van der Waals surface area contributed by atoms with Crippen molar-refractivity contribution in [1.82, 2.24) is 20.0 Å². The van der Waals surface area contributed by atoms with E-state index in [1.54, 1.807) is 35.1 Å². The van der Waals surface area contributed by atoms with Crippen LogP contribution in [0, 0.1) is 5.92 Å². The second kappa shape index (κ2) is 10.9. The van der Waals surface area contributed by atoms with Crippen molar-refractivity contribution >= 4 is 30.3 Å². The topological polar surface area (TPSA) is 138 Å². The molecular formula is C25H30BN5O5. The van der Waals surface area contributed by atoms with Crippen LogP contribution in [0.3, 0.4) is 0 Å². The molecule has 0 saturated heterocycles. The van der Waals surface area contributed by atoms with E-state index in [2.05, 4.69) is 20.8 Å². The van der Waals surface area contributed by atoms with Gasteiger partial charge in [0.15, 0.2) is 0 Å². The van der Waals surface area contributed by atoms with Crippen LogP contribution in [0.5, 0.6) is 0 Å². The number of nitrogens with one attached hydrogen (secondary N) is 2. The molecule has 2 atom stereocenters. The van der Waals surface area contributed by atoms with Gasteiger partial charge in [0.1, 0.15) is 5.65 Å². The number of carbonyl (C=O) groups is 2. The molecule has 2 amide bonds. The van der Waals surface area contributed by atoms with Crippen molar-refractivity contribution in [2.24, 2.45) is 11.1 Å². The summed E-state index contributed by atoms with van der Waals surface area (Å²) in [5.41, 5.74) is 0.938. The van der Waals surface area contributed by atoms with Gasteiger partial charge in [-0.05, 0) is 30.0 Å². The fourth-order valence-corrected chi connectivity index (χ4v) is 4.33. The number of aromatic nitrogens is 2. The molecule has 3 heterocycles. The van der Waals surface area contributed by atoms with Crippen LogP contribution in [0.4, 0.5) is 0 Å². The zero-order chi connectivity index (χ0) is 25.7. The van der Waals surface area contributed by atoms with Crippen molar-refractivity contribution in [2.45, 2.75) is 44.7 Å². The molecule has 0 aliphatic carbocycles. The van der Waals surface area contributed by atoms with E-state index in [1.807, 2.05) is 44.2 Å². The Labute approximate surface area is 209 Å². The SMILES string of the molecule is CC(C)CC(NC(=O)C1(Cc2ccccc2)CC(CNC(=O)c2cccn3ccnc23)=NO1)B(O)O. The van der Waals surface area contributed by atoms with Gasteiger partial charge in [0, 0.05) is 31.4 Å². The Morgan fingerprint density at radius 1 is 1.17 bits per heavy atom. The Morgan fingerprint density at radius 3 is 2.67 bits per heavy atom. The molecule has 2 unspecified atom stereocenters. The Hall–Kier alpha value is -3.70. The van der Waals surface area contributed by atoms with E-state index in [0.29, 0.717) is 23.3 Å². The van der Waals surface area contributed by atoms with Crippen LogP contribution in [0.2, 0.25) is 0 Å². The molecule has 0 saturated carbocycles. The van der Waals surface area contributed by atoms with E-state index in [0.717, 1.165) is 5.56 Å². The smallest absolute Gasteiger partial charge is 0.426 e. The summed E-state index contributed by atoms with van der Waals surface area (Å²) in [6, 6.07) is 12.8. The van der Waals surface area contributed by atoms with Crippen LogP contribution in [0.1, 0.15) is 42.6 Å². The summed E-state index contributed by atoms with van der Waals surface area (Å²) >= 11 is 0. The van der Waals surface area contributed by atoms with Gasteiger partial charge in [-0.1, -0.05) is 49.3 Å². The summed E-state index contributed by atoms with van der Waals surface area (Å²) in [4.78, 5) is 36.3. The third-order valence-electron chi connectivity index (χ3n) is 6.10. The maximum atomic E-state index is 13.5. The Bertz CT molecular complexity index is 1250. The number of pyridine rings is 1. The lowest BCUT2D eigenvalue weighted by atomic mass is 9.74. The van der Waals surface area contributed by atoms with Crippen molar-refractivity contribution < 1.29 is 24.5 Å². The summed E-state index contributed by atoms with van der Waals surface area (Å²) in [5.74, 6) is -1.53. The van der Waals surface area contributed by atoms with Gasteiger partial charge in [0.05, 0.1) is 23.8 Å². The molecule has 36 heavy (non-hydrogen) atoms. The van der Waals surface area contributed by atoms with Crippen LogP contribution in [-0.4, -0.2) is 62.2 Å². The van der Waals surface area contributed by atoms with E-state index in [-0.39, 0.29) is 31.2 Å². The van der Waals surface area contributed by atoms with E-state index >= 15 is 0 Å². The zero-order valence-corrected chi connectivity index (χ0v) is 20.3. The first-order chi connectivity index (χ1) is 17.3. The van der Waals surface area contributed by atoms with Crippen LogP contribution in [0.25, 0.3) is 5.65 Å². The predicted molar refractivity (Wildman–Crippen MR) is 135 cm³/mol. The fraction of sp³-hybridized carbons (Fsp3) is 0.360. The zero-order valence-electron chi connectivity index (χ0n) is 20.3. The molecule has 4 rings (SSSR count). The molecule has 0 fully saturated rings. The van der Waals surface area contributed by atoms with Gasteiger partial charge >= 0.3 is 7.12 Å². The number of amides is 2. The van der Waals surface area contributed by atoms with Crippen LogP contribution in [0.15, 0.2) is 66.2 Å². The third-order valence-corrected chi connectivity index (χ3v) is 6.10. The maximum absolute atomic E-state index is 13.5. The standard InChI is InChI=1S/C25H30BN5O5/c1-17(2)13-21(26(34)35)29-24(33)25(14-18-7-4-3-5-8-18)15-19(30-36-25)16-28-23(32)20-9-6-11-31-12-10-27-22(20)31/h3-12,17,21,34-35H,13-16H2,1-2H3,(H,28,32)(H,29,33). The minimum absolute atomic E-state index is 0.0858. The fourth-order valence-electron chi connectivity index (χ4n) is 4.33. The van der Waals surface area contributed by atoms with Crippen LogP contribution in [-0.2, 0) is 16.1 Å². The number of hydrogen-bond donors (Lipinski definition) is 4. The molecule has 1 aliphatic rings. The Morgan fingerprint density at radius 2 is 1.94 bits per heavy atom. The van der Waals surface area contributed by atoms with Gasteiger partial charge in [-0.25, -0.2) is 4.98 Å². The number of benzene rings is 1. The molecule has 4 N–H and O–H groups in total. The summed E-state index contributed by atoms with van der Waals surface area (Å²) in [7, 11) is -1.71. The van der Waals surface area contributed by atoms with Crippen molar-refractivity contribution in [2.75, 3.05) is 6.54 Å². The summed E-state index contributed by atoms with van der Waals surface area (Å²) in [5, 5.41) is 29.3. The van der Waals surface area contributed by atoms with Crippen molar-refractivity contribution in [1.29, 1.82) is 0 Å². The number of nitrogens with zero attached hydrogens (tertiary/aromatic N) is 3. The molecule has 0 spiro atoms. The molecule has 188 valence electrons. The van der Waals surface area contributed by atoms with Gasteiger partial charge in [-0.2, -0.15) is 0 Å². The Kier molecular flexibility index (Phi) is 7.71. The monoisotopic (exact) mass is 491 g/mol. The number of imidazole rings is 1. The lowest BCUT2D eigenvalue weighted by Gasteiger charge is -2.29. The molecular weight excluding hydrogens is 461 g/mol. The highest BCUT2D eigenvalue weighted by Crippen LogP contribution is 2.29. The second-order valence-corrected chi connectivity index (χ2v) is 9.47.